The third-order valence-corrected chi connectivity index (χ3v) is 6.12. The SMILES string of the molecule is C1=Cc2c(oc3c(N(c4ccccc4)c4ccc5oc6cccnc6c5c4)cccc23)NC1. The number of rotatable bonds is 3. The summed E-state index contributed by atoms with van der Waals surface area (Å²) < 4.78 is 12.4. The van der Waals surface area contributed by atoms with E-state index < -0.39 is 0 Å². The molecule has 158 valence electrons. The second-order valence-electron chi connectivity index (χ2n) is 8.09. The fraction of sp³-hybridized carbons (Fsp3) is 0.0357. The summed E-state index contributed by atoms with van der Waals surface area (Å²) >= 11 is 0. The third-order valence-electron chi connectivity index (χ3n) is 6.12. The minimum Gasteiger partial charge on any atom is -0.454 e. The lowest BCUT2D eigenvalue weighted by atomic mass is 10.1. The van der Waals surface area contributed by atoms with Crippen LogP contribution in [0.5, 0.6) is 0 Å². The molecule has 0 radical (unpaired) electrons. The van der Waals surface area contributed by atoms with E-state index in [1.807, 2.05) is 36.4 Å². The Morgan fingerprint density at radius 1 is 0.788 bits per heavy atom. The van der Waals surface area contributed by atoms with Crippen LogP contribution in [0.25, 0.3) is 39.1 Å². The molecule has 0 unspecified atom stereocenters. The van der Waals surface area contributed by atoms with Crippen LogP contribution in [0.3, 0.4) is 0 Å². The van der Waals surface area contributed by atoms with Crippen LogP contribution >= 0.6 is 0 Å². The molecule has 0 saturated heterocycles. The topological polar surface area (TPSA) is 54.4 Å². The van der Waals surface area contributed by atoms with Gasteiger partial charge in [0.15, 0.2) is 11.2 Å². The zero-order chi connectivity index (χ0) is 21.8. The monoisotopic (exact) mass is 429 g/mol. The molecular formula is C28H19N3O2. The van der Waals surface area contributed by atoms with Crippen LogP contribution in [0.1, 0.15) is 5.56 Å². The van der Waals surface area contributed by atoms with Gasteiger partial charge in [-0.2, -0.15) is 0 Å². The quantitative estimate of drug-likeness (QED) is 0.313. The molecule has 5 heteroatoms. The number of pyridine rings is 1. The average molecular weight is 429 g/mol. The lowest BCUT2D eigenvalue weighted by Gasteiger charge is -2.25. The van der Waals surface area contributed by atoms with E-state index in [1.54, 1.807) is 6.20 Å². The summed E-state index contributed by atoms with van der Waals surface area (Å²) in [5, 5.41) is 5.42. The molecule has 7 rings (SSSR count). The Hall–Kier alpha value is -4.51. The third kappa shape index (κ3) is 2.76. The Morgan fingerprint density at radius 3 is 2.67 bits per heavy atom. The molecule has 0 spiro atoms. The number of para-hydroxylation sites is 2. The van der Waals surface area contributed by atoms with Gasteiger partial charge in [-0.3, -0.25) is 4.98 Å². The van der Waals surface area contributed by atoms with E-state index in [0.29, 0.717) is 0 Å². The molecule has 0 aliphatic carbocycles. The Bertz CT molecular complexity index is 1680. The summed E-state index contributed by atoms with van der Waals surface area (Å²) in [5.74, 6) is 0.813. The van der Waals surface area contributed by atoms with Crippen molar-refractivity contribution in [3.8, 4) is 0 Å². The first-order chi connectivity index (χ1) is 16.4. The molecule has 0 fully saturated rings. The van der Waals surface area contributed by atoms with E-state index in [-0.39, 0.29) is 0 Å². The highest BCUT2D eigenvalue weighted by atomic mass is 16.4. The molecule has 3 aromatic carbocycles. The molecule has 6 aromatic rings. The van der Waals surface area contributed by atoms with Crippen molar-refractivity contribution >= 4 is 62.1 Å². The Labute approximate surface area is 189 Å². The summed E-state index contributed by atoms with van der Waals surface area (Å²) in [4.78, 5) is 6.79. The Kier molecular flexibility index (Phi) is 3.84. The maximum Gasteiger partial charge on any atom is 0.201 e. The first-order valence-corrected chi connectivity index (χ1v) is 11.0. The molecule has 3 aromatic heterocycles. The van der Waals surface area contributed by atoms with Gasteiger partial charge in [0, 0.05) is 40.5 Å². The van der Waals surface area contributed by atoms with Crippen LogP contribution in [0, 0.1) is 0 Å². The maximum absolute atomic E-state index is 6.35. The molecule has 0 atom stereocenters. The predicted molar refractivity (Wildman–Crippen MR) is 133 cm³/mol. The van der Waals surface area contributed by atoms with Crippen molar-refractivity contribution in [2.75, 3.05) is 16.8 Å². The Balaban J connectivity index is 1.50. The second kappa shape index (κ2) is 7.00. The highest BCUT2D eigenvalue weighted by Gasteiger charge is 2.22. The first-order valence-electron chi connectivity index (χ1n) is 11.0. The van der Waals surface area contributed by atoms with E-state index in [4.69, 9.17) is 8.83 Å². The predicted octanol–water partition coefficient (Wildman–Crippen LogP) is 7.64. The molecule has 1 aliphatic heterocycles. The molecule has 0 bridgehead atoms. The lowest BCUT2D eigenvalue weighted by molar-refractivity contribution is 0.628. The van der Waals surface area contributed by atoms with Crippen LogP contribution < -0.4 is 10.2 Å². The maximum atomic E-state index is 6.35. The van der Waals surface area contributed by atoms with Gasteiger partial charge >= 0.3 is 0 Å². The summed E-state index contributed by atoms with van der Waals surface area (Å²) in [6, 6.07) is 26.7. The summed E-state index contributed by atoms with van der Waals surface area (Å²) in [6.07, 6.45) is 6.04. The van der Waals surface area contributed by atoms with E-state index in [0.717, 1.165) is 68.1 Å². The van der Waals surface area contributed by atoms with Gasteiger partial charge in [0.1, 0.15) is 11.1 Å². The van der Waals surface area contributed by atoms with Gasteiger partial charge in [-0.25, -0.2) is 0 Å². The minimum absolute atomic E-state index is 0.766. The molecular weight excluding hydrogens is 410 g/mol. The molecule has 1 N–H and O–H groups in total. The fourth-order valence-electron chi connectivity index (χ4n) is 4.65. The van der Waals surface area contributed by atoms with E-state index in [2.05, 4.69) is 69.8 Å². The standard InChI is InChI=1S/C28H19N3O2/c1-2-7-18(8-3-1)31(19-13-14-24-22(17-19)26-25(32-24)12-6-15-29-26)23-11-4-9-20-21-10-5-16-30-28(21)33-27(20)23/h1-15,17,30H,16H2. The van der Waals surface area contributed by atoms with Crippen molar-refractivity contribution in [2.24, 2.45) is 0 Å². The largest absolute Gasteiger partial charge is 0.454 e. The highest BCUT2D eigenvalue weighted by molar-refractivity contribution is 6.06. The zero-order valence-corrected chi connectivity index (χ0v) is 17.7. The molecule has 4 heterocycles. The average Bonchev–Trinajstić information content (AvgIpc) is 3.44. The minimum atomic E-state index is 0.766. The summed E-state index contributed by atoms with van der Waals surface area (Å²) in [7, 11) is 0. The van der Waals surface area contributed by atoms with Crippen LogP contribution in [0.4, 0.5) is 22.9 Å². The van der Waals surface area contributed by atoms with Crippen molar-refractivity contribution in [3.05, 3.63) is 96.7 Å². The van der Waals surface area contributed by atoms with Gasteiger partial charge in [-0.15, -0.1) is 0 Å². The van der Waals surface area contributed by atoms with E-state index in [1.165, 1.54) is 0 Å². The van der Waals surface area contributed by atoms with E-state index in [9.17, 15) is 0 Å². The van der Waals surface area contributed by atoms with Gasteiger partial charge in [0.2, 0.25) is 5.88 Å². The van der Waals surface area contributed by atoms with Crippen molar-refractivity contribution in [3.63, 3.8) is 0 Å². The number of hydrogen-bond acceptors (Lipinski definition) is 5. The number of nitrogens with zero attached hydrogens (tertiary/aromatic N) is 2. The number of nitrogens with one attached hydrogen (secondary N) is 1. The molecule has 0 saturated carbocycles. The van der Waals surface area contributed by atoms with Crippen LogP contribution in [-0.4, -0.2) is 11.5 Å². The van der Waals surface area contributed by atoms with Gasteiger partial charge in [-0.05, 0) is 48.5 Å². The summed E-state index contributed by atoms with van der Waals surface area (Å²) in [6.45, 7) is 0.766. The highest BCUT2D eigenvalue weighted by Crippen LogP contribution is 2.44. The number of aromatic nitrogens is 1. The number of anilines is 4. The van der Waals surface area contributed by atoms with Crippen molar-refractivity contribution in [1.82, 2.24) is 4.98 Å². The van der Waals surface area contributed by atoms with Crippen LogP contribution in [-0.2, 0) is 0 Å². The fourth-order valence-corrected chi connectivity index (χ4v) is 4.65. The first kappa shape index (κ1) is 18.1. The van der Waals surface area contributed by atoms with Gasteiger partial charge in [0.05, 0.1) is 5.69 Å². The van der Waals surface area contributed by atoms with Gasteiger partial charge < -0.3 is 19.1 Å². The normalized spacial score (nSPS) is 12.8. The van der Waals surface area contributed by atoms with Gasteiger partial charge in [0.25, 0.3) is 0 Å². The van der Waals surface area contributed by atoms with Crippen molar-refractivity contribution in [2.45, 2.75) is 0 Å². The molecule has 33 heavy (non-hydrogen) atoms. The number of furan rings is 2. The molecule has 0 amide bonds. The van der Waals surface area contributed by atoms with Crippen LogP contribution in [0.2, 0.25) is 0 Å². The lowest BCUT2D eigenvalue weighted by Crippen LogP contribution is -2.10. The van der Waals surface area contributed by atoms with Crippen molar-refractivity contribution < 1.29 is 8.83 Å². The Morgan fingerprint density at radius 2 is 1.73 bits per heavy atom. The molecule has 1 aliphatic rings. The number of hydrogen-bond donors (Lipinski definition) is 1. The summed E-state index contributed by atoms with van der Waals surface area (Å²) in [5.41, 5.74) is 7.44. The second-order valence-corrected chi connectivity index (χ2v) is 8.09. The van der Waals surface area contributed by atoms with Gasteiger partial charge in [-0.1, -0.05) is 42.5 Å². The van der Waals surface area contributed by atoms with Crippen LogP contribution in [0.15, 0.2) is 100.0 Å². The number of benzene rings is 3. The number of fused-ring (bicyclic) bond motifs is 6. The molecule has 5 nitrogen and oxygen atoms in total. The smallest absolute Gasteiger partial charge is 0.201 e. The van der Waals surface area contributed by atoms with Crippen molar-refractivity contribution in [1.29, 1.82) is 0 Å². The zero-order valence-electron chi connectivity index (χ0n) is 17.7. The van der Waals surface area contributed by atoms with E-state index >= 15 is 0 Å².